The molecule has 50 heavy (non-hydrogen) atoms. The maximum Gasteiger partial charge on any atom is 0.500 e. The third-order valence-corrected chi connectivity index (χ3v) is 13.5. The van der Waals surface area contributed by atoms with Crippen molar-refractivity contribution in [2.45, 2.75) is 246 Å². The Morgan fingerprint density at radius 1 is 0.380 bits per heavy atom. The second-order valence-corrected chi connectivity index (χ2v) is 17.8. The van der Waals surface area contributed by atoms with Crippen molar-refractivity contribution in [2.75, 3.05) is 32.9 Å². The maximum atomic E-state index is 13.4. The minimum atomic E-state index is -2.58. The zero-order chi connectivity index (χ0) is 36.6. The zero-order valence-corrected chi connectivity index (χ0v) is 36.0. The van der Waals surface area contributed by atoms with Crippen molar-refractivity contribution in [1.29, 1.82) is 0 Å². The molecule has 6 heteroatoms. The second-order valence-electron chi connectivity index (χ2n) is 15.1. The quantitative estimate of drug-likeness (QED) is 0.0464. The summed E-state index contributed by atoms with van der Waals surface area (Å²) in [5.74, 6) is 0.373. The van der Waals surface area contributed by atoms with Gasteiger partial charge in [-0.25, -0.2) is 0 Å². The van der Waals surface area contributed by atoms with E-state index in [1.165, 1.54) is 167 Å². The van der Waals surface area contributed by atoms with Gasteiger partial charge in [0, 0.05) is 45.4 Å². The Hall–Kier alpha value is -0.433. The molecule has 1 amide bonds. The van der Waals surface area contributed by atoms with E-state index in [2.05, 4.69) is 18.7 Å². The van der Waals surface area contributed by atoms with Gasteiger partial charge in [0.2, 0.25) is 5.91 Å². The SMILES string of the molecule is CCCCCCCCCCCCCCCCN(CCCCCCCCCCCCCCCC)C(=O)CCCCC[Si](OCC)(OCC)OCC. The van der Waals surface area contributed by atoms with E-state index in [9.17, 15) is 4.79 Å². The Balaban J connectivity index is 4.37. The third-order valence-electron chi connectivity index (χ3n) is 10.4. The number of hydrogen-bond acceptors (Lipinski definition) is 4. The molecule has 0 aromatic rings. The summed E-state index contributed by atoms with van der Waals surface area (Å²) in [4.78, 5) is 15.6. The van der Waals surface area contributed by atoms with Gasteiger partial charge in [-0.1, -0.05) is 187 Å². The van der Waals surface area contributed by atoms with Gasteiger partial charge in [-0.3, -0.25) is 4.79 Å². The lowest BCUT2D eigenvalue weighted by Gasteiger charge is -2.28. The average molecular weight is 726 g/mol. The highest BCUT2D eigenvalue weighted by Gasteiger charge is 2.39. The molecule has 0 heterocycles. The van der Waals surface area contributed by atoms with Gasteiger partial charge in [0.1, 0.15) is 0 Å². The lowest BCUT2D eigenvalue weighted by Crippen LogP contribution is -2.45. The molecule has 0 fully saturated rings. The largest absolute Gasteiger partial charge is 0.500 e. The fourth-order valence-electron chi connectivity index (χ4n) is 7.31. The van der Waals surface area contributed by atoms with Crippen LogP contribution in [-0.4, -0.2) is 52.5 Å². The Labute approximate surface area is 315 Å². The monoisotopic (exact) mass is 726 g/mol. The molecular weight excluding hydrogens is 635 g/mol. The van der Waals surface area contributed by atoms with Crippen LogP contribution in [0.25, 0.3) is 0 Å². The number of nitrogens with zero attached hydrogens (tertiary/aromatic N) is 1. The van der Waals surface area contributed by atoms with Crippen LogP contribution in [-0.2, 0) is 18.1 Å². The first-order chi connectivity index (χ1) is 24.6. The predicted molar refractivity (Wildman–Crippen MR) is 221 cm³/mol. The molecule has 0 saturated carbocycles. The first kappa shape index (κ1) is 49.6. The van der Waals surface area contributed by atoms with Crippen LogP contribution in [0.15, 0.2) is 0 Å². The van der Waals surface area contributed by atoms with Crippen LogP contribution in [0.3, 0.4) is 0 Å². The summed E-state index contributed by atoms with van der Waals surface area (Å²) in [5, 5.41) is 0. The fourth-order valence-corrected chi connectivity index (χ4v) is 9.99. The molecule has 0 rings (SSSR count). The normalized spacial score (nSPS) is 11.9. The lowest BCUT2D eigenvalue weighted by atomic mass is 10.0. The lowest BCUT2D eigenvalue weighted by molar-refractivity contribution is -0.131. The highest BCUT2D eigenvalue weighted by atomic mass is 28.4. The minimum Gasteiger partial charge on any atom is -0.374 e. The van der Waals surface area contributed by atoms with Gasteiger partial charge in [0.05, 0.1) is 0 Å². The van der Waals surface area contributed by atoms with Gasteiger partial charge < -0.3 is 18.2 Å². The number of hydrogen-bond donors (Lipinski definition) is 0. The molecule has 0 saturated heterocycles. The smallest absolute Gasteiger partial charge is 0.374 e. The van der Waals surface area contributed by atoms with Crippen LogP contribution in [0, 0.1) is 0 Å². The Bertz CT molecular complexity index is 629. The van der Waals surface area contributed by atoms with E-state index in [-0.39, 0.29) is 0 Å². The van der Waals surface area contributed by atoms with Gasteiger partial charge in [0.25, 0.3) is 0 Å². The third kappa shape index (κ3) is 32.2. The van der Waals surface area contributed by atoms with Crippen molar-refractivity contribution in [3.05, 3.63) is 0 Å². The zero-order valence-electron chi connectivity index (χ0n) is 35.0. The molecule has 0 bridgehead atoms. The molecule has 0 atom stereocenters. The average Bonchev–Trinajstić information content (AvgIpc) is 3.11. The number of amides is 1. The van der Waals surface area contributed by atoms with Crippen molar-refractivity contribution in [2.24, 2.45) is 0 Å². The van der Waals surface area contributed by atoms with Crippen LogP contribution in [0.1, 0.15) is 240 Å². The summed E-state index contributed by atoms with van der Waals surface area (Å²) in [6, 6.07) is 0.846. The summed E-state index contributed by atoms with van der Waals surface area (Å²) in [6.07, 6.45) is 42.1. The van der Waals surface area contributed by atoms with Crippen molar-refractivity contribution in [3.8, 4) is 0 Å². The molecular formula is C44H91NO4Si. The van der Waals surface area contributed by atoms with Crippen LogP contribution >= 0.6 is 0 Å². The summed E-state index contributed by atoms with van der Waals surface area (Å²) >= 11 is 0. The van der Waals surface area contributed by atoms with E-state index in [4.69, 9.17) is 13.3 Å². The molecule has 0 spiro atoms. The van der Waals surface area contributed by atoms with Crippen molar-refractivity contribution < 1.29 is 18.1 Å². The molecule has 0 radical (unpaired) electrons. The predicted octanol–water partition coefficient (Wildman–Crippen LogP) is 14.4. The minimum absolute atomic E-state index is 0.373. The van der Waals surface area contributed by atoms with Gasteiger partial charge in [-0.05, 0) is 46.5 Å². The van der Waals surface area contributed by atoms with Crippen molar-refractivity contribution >= 4 is 14.7 Å². The van der Waals surface area contributed by atoms with Crippen LogP contribution in [0.5, 0.6) is 0 Å². The number of carbonyl (C=O) groups excluding carboxylic acids is 1. The van der Waals surface area contributed by atoms with E-state index in [0.29, 0.717) is 32.1 Å². The van der Waals surface area contributed by atoms with E-state index in [1.54, 1.807) is 0 Å². The summed E-state index contributed by atoms with van der Waals surface area (Å²) < 4.78 is 18.1. The van der Waals surface area contributed by atoms with Crippen LogP contribution in [0.2, 0.25) is 6.04 Å². The molecule has 0 aromatic carbocycles. The van der Waals surface area contributed by atoms with Gasteiger partial charge in [0.15, 0.2) is 0 Å². The van der Waals surface area contributed by atoms with Crippen LogP contribution in [0.4, 0.5) is 0 Å². The fraction of sp³-hybridized carbons (Fsp3) is 0.977. The molecule has 5 nitrogen and oxygen atoms in total. The highest BCUT2D eigenvalue weighted by molar-refractivity contribution is 6.60. The molecule has 0 N–H and O–H groups in total. The maximum absolute atomic E-state index is 13.4. The van der Waals surface area contributed by atoms with Gasteiger partial charge in [-0.2, -0.15) is 0 Å². The molecule has 300 valence electrons. The molecule has 0 aromatic heterocycles. The van der Waals surface area contributed by atoms with Crippen LogP contribution < -0.4 is 0 Å². The van der Waals surface area contributed by atoms with E-state index in [1.807, 2.05) is 20.8 Å². The molecule has 0 aliphatic rings. The first-order valence-electron chi connectivity index (χ1n) is 22.8. The summed E-state index contributed by atoms with van der Waals surface area (Å²) in [5.41, 5.74) is 0. The highest BCUT2D eigenvalue weighted by Crippen LogP contribution is 2.21. The Kier molecular flexibility index (Phi) is 39.4. The van der Waals surface area contributed by atoms with E-state index < -0.39 is 8.80 Å². The van der Waals surface area contributed by atoms with Crippen molar-refractivity contribution in [3.63, 3.8) is 0 Å². The van der Waals surface area contributed by atoms with Gasteiger partial charge >= 0.3 is 8.80 Å². The first-order valence-corrected chi connectivity index (χ1v) is 24.7. The Morgan fingerprint density at radius 2 is 0.660 bits per heavy atom. The number of carbonyl (C=O) groups is 1. The standard InChI is InChI=1S/C44H91NO4Si/c1-6-11-13-15-17-19-21-23-25-27-29-31-33-37-41-45(42-38-34-32-30-28-26-24-22-20-18-16-14-12-7-2)44(46)40-36-35-39-43-50(47-8-3,48-9-4)49-10-5/h6-43H2,1-5H3. The second kappa shape index (κ2) is 39.8. The van der Waals surface area contributed by atoms with E-state index in [0.717, 1.165) is 51.2 Å². The topological polar surface area (TPSA) is 48.0 Å². The number of rotatable bonds is 42. The molecule has 0 aliphatic heterocycles. The molecule has 0 unspecified atom stereocenters. The summed E-state index contributed by atoms with van der Waals surface area (Å²) in [6.45, 7) is 14.4. The van der Waals surface area contributed by atoms with Gasteiger partial charge in [-0.15, -0.1) is 0 Å². The number of unbranched alkanes of at least 4 members (excludes halogenated alkanes) is 28. The van der Waals surface area contributed by atoms with E-state index >= 15 is 0 Å². The summed E-state index contributed by atoms with van der Waals surface area (Å²) in [7, 11) is -2.58. The molecule has 0 aliphatic carbocycles. The Morgan fingerprint density at radius 3 is 0.960 bits per heavy atom. The van der Waals surface area contributed by atoms with Crippen molar-refractivity contribution in [1.82, 2.24) is 4.90 Å².